The second-order valence-electron chi connectivity index (χ2n) is 13.0. The topological polar surface area (TPSA) is 185 Å². The molecule has 2 amide bonds. The van der Waals surface area contributed by atoms with Gasteiger partial charge in [0.15, 0.2) is 28.8 Å². The molecular formula is C37H46N2O12. The first-order chi connectivity index (χ1) is 23.7. The molecule has 14 nitrogen and oxygen atoms in total. The molecular weight excluding hydrogens is 664 g/mol. The molecule has 0 aliphatic carbocycles. The molecule has 0 radical (unpaired) electrons. The minimum Gasteiger partial charge on any atom is -0.508 e. The number of hydrogen-bond acceptors (Lipinski definition) is 12. The third-order valence-corrected chi connectivity index (χ3v) is 6.15. The van der Waals surface area contributed by atoms with Crippen molar-refractivity contribution >= 4 is 42.1 Å². The van der Waals surface area contributed by atoms with Gasteiger partial charge in [0.25, 0.3) is 0 Å². The van der Waals surface area contributed by atoms with Gasteiger partial charge < -0.3 is 44.2 Å². The van der Waals surface area contributed by atoms with Crippen molar-refractivity contribution in [3.05, 3.63) is 71.5 Å². The molecule has 0 heterocycles. The van der Waals surface area contributed by atoms with Gasteiger partial charge >= 0.3 is 24.1 Å². The lowest BCUT2D eigenvalue weighted by molar-refractivity contribution is -0.137. The lowest BCUT2D eigenvalue weighted by atomic mass is 10.1. The SMILES string of the molecule is COc1cc(/C=C/C(=O)C=C(O)/C=C/c2ccc(OC(=O)[C@@H](C)NC(=O)OC(C)(C)C)c(OC)c2)ccc1OC(=O)[C@@H](C)NC(=O)OC(C)(C)C. The minimum absolute atomic E-state index is 0.0964. The number of ether oxygens (including phenoxy) is 6. The number of carbonyl (C=O) groups excluding carboxylic acids is 5. The Morgan fingerprint density at radius 3 is 1.41 bits per heavy atom. The standard InChI is InChI=1S/C37H46N2O12/c1-22(38-34(44)50-36(3,4)5)32(42)48-28-17-13-24(19-30(28)46-9)11-15-26(40)21-27(41)16-12-25-14-18-29(31(20-25)47-10)49-33(43)23(2)39-35(45)51-37(6,7)8/h11-23,40H,1-10H3,(H,38,44)(H,39,45)/b15-11+,16-12+,26-21?/t22-,23-/m1/s1. The number of hydrogen-bond donors (Lipinski definition) is 3. The number of amides is 2. The van der Waals surface area contributed by atoms with Crippen LogP contribution in [0.25, 0.3) is 12.2 Å². The Morgan fingerprint density at radius 1 is 0.647 bits per heavy atom. The summed E-state index contributed by atoms with van der Waals surface area (Å²) in [7, 11) is 2.76. The van der Waals surface area contributed by atoms with Gasteiger partial charge in [0, 0.05) is 6.08 Å². The minimum atomic E-state index is -1.01. The Morgan fingerprint density at radius 2 is 1.04 bits per heavy atom. The molecule has 0 bridgehead atoms. The predicted molar refractivity (Wildman–Crippen MR) is 189 cm³/mol. The Bertz CT molecular complexity index is 1680. The summed E-state index contributed by atoms with van der Waals surface area (Å²) in [6.07, 6.45) is 4.98. The Balaban J connectivity index is 2.02. The smallest absolute Gasteiger partial charge is 0.408 e. The number of esters is 2. The van der Waals surface area contributed by atoms with Crippen LogP contribution in [0, 0.1) is 0 Å². The number of methoxy groups -OCH3 is 2. The number of alkyl carbamates (subject to hydrolysis) is 2. The van der Waals surface area contributed by atoms with E-state index in [0.717, 1.165) is 6.08 Å². The first-order valence-electron chi connectivity index (χ1n) is 15.8. The van der Waals surface area contributed by atoms with Gasteiger partial charge in [-0.2, -0.15) is 0 Å². The number of aliphatic hydroxyl groups is 1. The fourth-order valence-electron chi connectivity index (χ4n) is 3.83. The van der Waals surface area contributed by atoms with Crippen molar-refractivity contribution in [1.29, 1.82) is 0 Å². The molecule has 2 aromatic rings. The van der Waals surface area contributed by atoms with Gasteiger partial charge in [-0.25, -0.2) is 19.2 Å². The van der Waals surface area contributed by atoms with E-state index in [9.17, 15) is 29.1 Å². The number of allylic oxidation sites excluding steroid dienone is 3. The van der Waals surface area contributed by atoms with Crippen molar-refractivity contribution in [2.75, 3.05) is 14.2 Å². The maximum atomic E-state index is 12.5. The maximum Gasteiger partial charge on any atom is 0.408 e. The highest BCUT2D eigenvalue weighted by Crippen LogP contribution is 2.30. The van der Waals surface area contributed by atoms with Crippen molar-refractivity contribution in [2.45, 2.75) is 78.7 Å². The van der Waals surface area contributed by atoms with Crippen LogP contribution in [-0.4, -0.2) is 72.5 Å². The second-order valence-corrected chi connectivity index (χ2v) is 13.0. The van der Waals surface area contributed by atoms with Crippen molar-refractivity contribution in [3.8, 4) is 23.0 Å². The second kappa shape index (κ2) is 18.3. The molecule has 276 valence electrons. The van der Waals surface area contributed by atoms with Gasteiger partial charge in [-0.05, 0) is 103 Å². The summed E-state index contributed by atoms with van der Waals surface area (Å²) in [5, 5.41) is 15.1. The molecule has 0 aliphatic rings. The van der Waals surface area contributed by atoms with Crippen LogP contribution < -0.4 is 29.6 Å². The maximum absolute atomic E-state index is 12.5. The number of ketones is 1. The average molecular weight is 711 g/mol. The molecule has 0 fully saturated rings. The molecule has 0 aliphatic heterocycles. The molecule has 3 N–H and O–H groups in total. The fourth-order valence-corrected chi connectivity index (χ4v) is 3.83. The van der Waals surface area contributed by atoms with E-state index in [1.54, 1.807) is 59.7 Å². The molecule has 0 saturated heterocycles. The summed E-state index contributed by atoms with van der Waals surface area (Å²) in [6, 6.07) is 7.19. The summed E-state index contributed by atoms with van der Waals surface area (Å²) >= 11 is 0. The Kier molecular flexibility index (Phi) is 14.8. The Hall–Kier alpha value is -5.79. The number of nitrogens with one attached hydrogen (secondary N) is 2. The highest BCUT2D eigenvalue weighted by Gasteiger charge is 2.24. The zero-order valence-electron chi connectivity index (χ0n) is 30.4. The van der Waals surface area contributed by atoms with Crippen molar-refractivity contribution in [1.82, 2.24) is 10.6 Å². The third-order valence-electron chi connectivity index (χ3n) is 6.15. The monoisotopic (exact) mass is 710 g/mol. The van der Waals surface area contributed by atoms with Gasteiger partial charge in [0.05, 0.1) is 14.2 Å². The molecule has 2 rings (SSSR count). The van der Waals surface area contributed by atoms with Crippen LogP contribution >= 0.6 is 0 Å². The summed E-state index contributed by atoms with van der Waals surface area (Å²) < 4.78 is 31.7. The van der Waals surface area contributed by atoms with E-state index in [1.165, 1.54) is 70.6 Å². The van der Waals surface area contributed by atoms with Crippen molar-refractivity contribution in [3.63, 3.8) is 0 Å². The molecule has 0 saturated carbocycles. The summed E-state index contributed by atoms with van der Waals surface area (Å²) in [5.74, 6) is -1.75. The molecule has 0 aromatic heterocycles. The van der Waals surface area contributed by atoms with Crippen LogP contribution in [0.15, 0.2) is 60.4 Å². The van der Waals surface area contributed by atoms with Crippen molar-refractivity contribution in [2.24, 2.45) is 0 Å². The number of benzene rings is 2. The van der Waals surface area contributed by atoms with Crippen LogP contribution in [0.2, 0.25) is 0 Å². The van der Waals surface area contributed by atoms with E-state index in [4.69, 9.17) is 28.4 Å². The summed E-state index contributed by atoms with van der Waals surface area (Å²) in [6.45, 7) is 13.1. The lowest BCUT2D eigenvalue weighted by Gasteiger charge is -2.21. The number of carbonyl (C=O) groups is 5. The van der Waals surface area contributed by atoms with Crippen LogP contribution in [0.4, 0.5) is 9.59 Å². The van der Waals surface area contributed by atoms with Gasteiger partial charge in [-0.1, -0.05) is 24.3 Å². The zero-order chi connectivity index (χ0) is 38.5. The van der Waals surface area contributed by atoms with Crippen LogP contribution in [-0.2, 0) is 23.9 Å². The number of aliphatic hydroxyl groups excluding tert-OH is 1. The first-order valence-corrected chi connectivity index (χ1v) is 15.8. The van der Waals surface area contributed by atoms with Gasteiger partial charge in [-0.3, -0.25) is 4.79 Å². The lowest BCUT2D eigenvalue weighted by Crippen LogP contribution is -2.43. The normalized spacial score (nSPS) is 13.2. The summed E-state index contributed by atoms with van der Waals surface area (Å²) in [4.78, 5) is 61.5. The van der Waals surface area contributed by atoms with E-state index in [0.29, 0.717) is 11.1 Å². The first kappa shape index (κ1) is 41.4. The van der Waals surface area contributed by atoms with Gasteiger partial charge in [-0.15, -0.1) is 0 Å². The molecule has 14 heteroatoms. The van der Waals surface area contributed by atoms with Crippen LogP contribution in [0.3, 0.4) is 0 Å². The van der Waals surface area contributed by atoms with E-state index in [2.05, 4.69) is 10.6 Å². The van der Waals surface area contributed by atoms with Gasteiger partial charge in [0.1, 0.15) is 29.0 Å². The van der Waals surface area contributed by atoms with Crippen LogP contribution in [0.5, 0.6) is 23.0 Å². The zero-order valence-corrected chi connectivity index (χ0v) is 30.4. The molecule has 2 atom stereocenters. The predicted octanol–water partition coefficient (Wildman–Crippen LogP) is 6.08. The summed E-state index contributed by atoms with van der Waals surface area (Å²) in [5.41, 5.74) is -0.381. The highest BCUT2D eigenvalue weighted by molar-refractivity contribution is 6.02. The quantitative estimate of drug-likeness (QED) is 0.0717. The Labute approximate surface area is 297 Å². The van der Waals surface area contributed by atoms with E-state index in [-0.39, 0.29) is 28.8 Å². The fraction of sp³-hybridized carbons (Fsp3) is 0.378. The molecule has 0 spiro atoms. The van der Waals surface area contributed by atoms with Crippen molar-refractivity contribution < 1.29 is 57.5 Å². The average Bonchev–Trinajstić information content (AvgIpc) is 3.01. The van der Waals surface area contributed by atoms with E-state index < -0.39 is 53.2 Å². The van der Waals surface area contributed by atoms with Crippen LogP contribution in [0.1, 0.15) is 66.5 Å². The third kappa shape index (κ3) is 15.1. The number of rotatable bonds is 13. The van der Waals surface area contributed by atoms with Gasteiger partial charge in [0.2, 0.25) is 0 Å². The molecule has 2 aromatic carbocycles. The van der Waals surface area contributed by atoms with E-state index >= 15 is 0 Å². The van der Waals surface area contributed by atoms with E-state index in [1.807, 2.05) is 0 Å². The largest absolute Gasteiger partial charge is 0.508 e. The molecule has 51 heavy (non-hydrogen) atoms. The molecule has 0 unspecified atom stereocenters. The highest BCUT2D eigenvalue weighted by atomic mass is 16.6.